The molecule has 2 N–H and O–H groups in total. The van der Waals surface area contributed by atoms with Gasteiger partial charge in [-0.1, -0.05) is 29.3 Å². The standard InChI is InChI=1S/C15H13Cl2N3O2/c1-22-15(21)13(18)14-12(3-2-6-19-14)20-8-9-4-5-10(16)7-11(9)17/h2-7,18,20H,8H2,1H3. The summed E-state index contributed by atoms with van der Waals surface area (Å²) in [7, 11) is 1.22. The molecule has 7 heteroatoms. The van der Waals surface area contributed by atoms with E-state index in [-0.39, 0.29) is 11.4 Å². The highest BCUT2D eigenvalue weighted by Gasteiger charge is 2.17. The molecule has 2 rings (SSSR count). The van der Waals surface area contributed by atoms with Crippen molar-refractivity contribution in [1.29, 1.82) is 5.41 Å². The number of anilines is 1. The molecule has 2 aromatic rings. The van der Waals surface area contributed by atoms with Gasteiger partial charge in [0, 0.05) is 22.8 Å². The Kier molecular flexibility index (Phi) is 5.35. The molecule has 0 atom stereocenters. The van der Waals surface area contributed by atoms with Crippen molar-refractivity contribution < 1.29 is 9.53 Å². The Morgan fingerprint density at radius 1 is 1.36 bits per heavy atom. The topological polar surface area (TPSA) is 75.1 Å². The first-order valence-electron chi connectivity index (χ1n) is 6.33. The number of methoxy groups -OCH3 is 1. The zero-order valence-electron chi connectivity index (χ0n) is 11.7. The van der Waals surface area contributed by atoms with E-state index in [0.29, 0.717) is 22.3 Å². The molecule has 0 bridgehead atoms. The van der Waals surface area contributed by atoms with Gasteiger partial charge in [-0.05, 0) is 29.8 Å². The van der Waals surface area contributed by atoms with E-state index in [2.05, 4.69) is 15.0 Å². The first-order valence-corrected chi connectivity index (χ1v) is 7.08. The summed E-state index contributed by atoms with van der Waals surface area (Å²) in [6.45, 7) is 0.406. The summed E-state index contributed by atoms with van der Waals surface area (Å²) in [5.41, 5.74) is 1.29. The Morgan fingerprint density at radius 3 is 2.82 bits per heavy atom. The van der Waals surface area contributed by atoms with Crippen molar-refractivity contribution in [2.24, 2.45) is 0 Å². The van der Waals surface area contributed by atoms with E-state index in [9.17, 15) is 4.79 Å². The van der Waals surface area contributed by atoms with Crippen LogP contribution in [-0.4, -0.2) is 23.8 Å². The second-order valence-electron chi connectivity index (χ2n) is 4.36. The van der Waals surface area contributed by atoms with Crippen LogP contribution in [0, 0.1) is 5.41 Å². The van der Waals surface area contributed by atoms with Crippen molar-refractivity contribution in [1.82, 2.24) is 4.98 Å². The van der Waals surface area contributed by atoms with Crippen LogP contribution in [0.5, 0.6) is 0 Å². The molecular weight excluding hydrogens is 325 g/mol. The van der Waals surface area contributed by atoms with E-state index in [4.69, 9.17) is 28.6 Å². The first kappa shape index (κ1) is 16.3. The number of aromatic nitrogens is 1. The third kappa shape index (κ3) is 3.75. The highest BCUT2D eigenvalue weighted by Crippen LogP contribution is 2.22. The number of halogens is 2. The highest BCUT2D eigenvalue weighted by molar-refractivity contribution is 6.42. The fraction of sp³-hybridized carbons (Fsp3) is 0.133. The van der Waals surface area contributed by atoms with Gasteiger partial charge in [0.1, 0.15) is 5.69 Å². The predicted octanol–water partition coefficient (Wildman–Crippen LogP) is 3.54. The summed E-state index contributed by atoms with van der Waals surface area (Å²) in [6, 6.07) is 8.63. The molecule has 0 saturated carbocycles. The van der Waals surface area contributed by atoms with Crippen LogP contribution < -0.4 is 5.32 Å². The minimum atomic E-state index is -0.744. The smallest absolute Gasteiger partial charge is 0.358 e. The Hall–Kier alpha value is -2.11. The normalized spacial score (nSPS) is 10.1. The molecule has 5 nitrogen and oxygen atoms in total. The Labute approximate surface area is 137 Å². The van der Waals surface area contributed by atoms with Crippen molar-refractivity contribution in [3.63, 3.8) is 0 Å². The highest BCUT2D eigenvalue weighted by atomic mass is 35.5. The maximum Gasteiger partial charge on any atom is 0.358 e. The lowest BCUT2D eigenvalue weighted by Crippen LogP contribution is -2.19. The van der Waals surface area contributed by atoms with Crippen molar-refractivity contribution in [2.45, 2.75) is 6.54 Å². The van der Waals surface area contributed by atoms with E-state index >= 15 is 0 Å². The van der Waals surface area contributed by atoms with Crippen LogP contribution in [0.2, 0.25) is 10.0 Å². The number of hydrogen-bond acceptors (Lipinski definition) is 5. The number of benzene rings is 1. The van der Waals surface area contributed by atoms with Gasteiger partial charge in [0.2, 0.25) is 0 Å². The summed E-state index contributed by atoms with van der Waals surface area (Å²) in [4.78, 5) is 15.5. The van der Waals surface area contributed by atoms with Crippen LogP contribution in [0.4, 0.5) is 5.69 Å². The molecular formula is C15H13Cl2N3O2. The summed E-state index contributed by atoms with van der Waals surface area (Å²) in [5.74, 6) is -0.744. The van der Waals surface area contributed by atoms with Crippen LogP contribution in [0.25, 0.3) is 0 Å². The summed E-state index contributed by atoms with van der Waals surface area (Å²) in [5, 5.41) is 12.0. The average Bonchev–Trinajstić information content (AvgIpc) is 2.53. The molecule has 0 aliphatic carbocycles. The van der Waals surface area contributed by atoms with E-state index in [1.165, 1.54) is 13.3 Å². The summed E-state index contributed by atoms with van der Waals surface area (Å²) >= 11 is 12.0. The molecule has 0 saturated heterocycles. The molecule has 1 aromatic heterocycles. The fourth-order valence-corrected chi connectivity index (χ4v) is 2.28. The monoisotopic (exact) mass is 337 g/mol. The zero-order chi connectivity index (χ0) is 16.1. The van der Waals surface area contributed by atoms with Crippen LogP contribution >= 0.6 is 23.2 Å². The van der Waals surface area contributed by atoms with Gasteiger partial charge >= 0.3 is 5.97 Å². The van der Waals surface area contributed by atoms with E-state index < -0.39 is 5.97 Å². The first-order chi connectivity index (χ1) is 10.5. The Bertz CT molecular complexity index is 720. The van der Waals surface area contributed by atoms with E-state index in [0.717, 1.165) is 5.56 Å². The largest absolute Gasteiger partial charge is 0.464 e. The van der Waals surface area contributed by atoms with Crippen molar-refractivity contribution >= 4 is 40.6 Å². The van der Waals surface area contributed by atoms with Gasteiger partial charge in [-0.3, -0.25) is 10.4 Å². The van der Waals surface area contributed by atoms with Crippen LogP contribution in [0.15, 0.2) is 36.5 Å². The second kappa shape index (κ2) is 7.24. The lowest BCUT2D eigenvalue weighted by atomic mass is 10.1. The fourth-order valence-electron chi connectivity index (χ4n) is 1.80. The molecule has 114 valence electrons. The minimum Gasteiger partial charge on any atom is -0.464 e. The van der Waals surface area contributed by atoms with Gasteiger partial charge in [0.25, 0.3) is 0 Å². The maximum atomic E-state index is 11.5. The summed E-state index contributed by atoms with van der Waals surface area (Å²) in [6.07, 6.45) is 1.51. The van der Waals surface area contributed by atoms with Gasteiger partial charge < -0.3 is 10.1 Å². The SMILES string of the molecule is COC(=O)C(=N)c1ncccc1NCc1ccc(Cl)cc1Cl. The quantitative estimate of drug-likeness (QED) is 0.646. The van der Waals surface area contributed by atoms with Gasteiger partial charge in [-0.25, -0.2) is 4.79 Å². The molecule has 1 aromatic carbocycles. The number of pyridine rings is 1. The third-order valence-corrected chi connectivity index (χ3v) is 3.51. The molecule has 0 aliphatic rings. The number of nitrogens with one attached hydrogen (secondary N) is 2. The molecule has 0 unspecified atom stereocenters. The van der Waals surface area contributed by atoms with Crippen molar-refractivity contribution in [3.8, 4) is 0 Å². The average molecular weight is 338 g/mol. The van der Waals surface area contributed by atoms with E-state index in [1.54, 1.807) is 30.3 Å². The number of carbonyl (C=O) groups is 1. The summed E-state index contributed by atoms with van der Waals surface area (Å²) < 4.78 is 4.55. The Morgan fingerprint density at radius 2 is 2.14 bits per heavy atom. The molecule has 0 spiro atoms. The maximum absolute atomic E-state index is 11.5. The number of rotatable bonds is 5. The third-order valence-electron chi connectivity index (χ3n) is 2.92. The number of nitrogens with zero attached hydrogens (tertiary/aromatic N) is 1. The number of ether oxygens (including phenoxy) is 1. The van der Waals surface area contributed by atoms with Crippen molar-refractivity contribution in [2.75, 3.05) is 12.4 Å². The molecule has 0 fully saturated rings. The second-order valence-corrected chi connectivity index (χ2v) is 5.20. The molecule has 0 amide bonds. The zero-order valence-corrected chi connectivity index (χ0v) is 13.2. The van der Waals surface area contributed by atoms with Crippen LogP contribution in [0.1, 0.15) is 11.3 Å². The van der Waals surface area contributed by atoms with Gasteiger partial charge in [-0.2, -0.15) is 0 Å². The van der Waals surface area contributed by atoms with Crippen LogP contribution in [0.3, 0.4) is 0 Å². The number of esters is 1. The molecule has 0 aliphatic heterocycles. The lowest BCUT2D eigenvalue weighted by molar-refractivity contribution is -0.132. The predicted molar refractivity (Wildman–Crippen MR) is 86.9 cm³/mol. The molecule has 1 heterocycles. The number of hydrogen-bond donors (Lipinski definition) is 2. The Balaban J connectivity index is 2.20. The van der Waals surface area contributed by atoms with Gasteiger partial charge in [0.05, 0.1) is 12.8 Å². The van der Waals surface area contributed by atoms with Crippen molar-refractivity contribution in [3.05, 3.63) is 57.8 Å². The van der Waals surface area contributed by atoms with Gasteiger partial charge in [0.15, 0.2) is 5.71 Å². The lowest BCUT2D eigenvalue weighted by Gasteiger charge is -2.12. The number of carbonyl (C=O) groups excluding carboxylic acids is 1. The minimum absolute atomic E-state index is 0.222. The van der Waals surface area contributed by atoms with Crippen LogP contribution in [-0.2, 0) is 16.1 Å². The van der Waals surface area contributed by atoms with Gasteiger partial charge in [-0.15, -0.1) is 0 Å². The van der Waals surface area contributed by atoms with E-state index in [1.807, 2.05) is 0 Å². The molecule has 22 heavy (non-hydrogen) atoms. The molecule has 0 radical (unpaired) electrons.